The first-order valence-corrected chi connectivity index (χ1v) is 11.6. The molecule has 1 aliphatic heterocycles. The third-order valence-electron chi connectivity index (χ3n) is 5.96. The van der Waals surface area contributed by atoms with Gasteiger partial charge in [-0.15, -0.1) is 0 Å². The second-order valence-corrected chi connectivity index (χ2v) is 8.61. The van der Waals surface area contributed by atoms with Crippen molar-refractivity contribution in [2.45, 2.75) is 19.8 Å². The molecule has 9 heteroatoms. The van der Waals surface area contributed by atoms with E-state index in [9.17, 15) is 4.79 Å². The van der Waals surface area contributed by atoms with Crippen LogP contribution in [-0.4, -0.2) is 48.1 Å². The Morgan fingerprint density at radius 1 is 0.971 bits per heavy atom. The molecular formula is C26H33O8P. The molecule has 190 valence electrons. The van der Waals surface area contributed by atoms with E-state index < -0.39 is 11.8 Å². The Morgan fingerprint density at radius 3 is 2.09 bits per heavy atom. The van der Waals surface area contributed by atoms with Crippen LogP contribution in [0.3, 0.4) is 0 Å². The minimum atomic E-state index is -0.521. The fourth-order valence-electron chi connectivity index (χ4n) is 4.49. The van der Waals surface area contributed by atoms with Gasteiger partial charge in [0, 0.05) is 36.5 Å². The monoisotopic (exact) mass is 504 g/mol. The lowest BCUT2D eigenvalue weighted by atomic mass is 9.74. The molecule has 0 fully saturated rings. The van der Waals surface area contributed by atoms with E-state index in [1.54, 1.807) is 34.5 Å². The van der Waals surface area contributed by atoms with Crippen molar-refractivity contribution in [3.05, 3.63) is 47.0 Å². The Bertz CT molecular complexity index is 1040. The molecule has 2 aromatic carbocycles. The summed E-state index contributed by atoms with van der Waals surface area (Å²) in [6.45, 7) is 4.47. The maximum atomic E-state index is 12.8. The number of carbonyl (C=O) groups excluding carboxylic acids is 1. The van der Waals surface area contributed by atoms with Crippen LogP contribution in [-0.2, 0) is 9.53 Å². The summed E-state index contributed by atoms with van der Waals surface area (Å²) in [6, 6.07) is 7.33. The fraction of sp³-hybridized carbons (Fsp3) is 0.423. The zero-order valence-corrected chi connectivity index (χ0v) is 22.1. The van der Waals surface area contributed by atoms with E-state index in [0.29, 0.717) is 41.1 Å². The first-order valence-electron chi connectivity index (χ1n) is 11.1. The fourth-order valence-corrected chi connectivity index (χ4v) is 4.70. The third kappa shape index (κ3) is 5.65. The second-order valence-electron chi connectivity index (χ2n) is 8.37. The summed E-state index contributed by atoms with van der Waals surface area (Å²) < 4.78 is 39.1. The number of rotatable bonds is 12. The van der Waals surface area contributed by atoms with E-state index in [-0.39, 0.29) is 12.7 Å². The predicted molar refractivity (Wildman–Crippen MR) is 135 cm³/mol. The van der Waals surface area contributed by atoms with E-state index in [4.69, 9.17) is 32.9 Å². The van der Waals surface area contributed by atoms with Crippen LogP contribution in [0.4, 0.5) is 0 Å². The van der Waals surface area contributed by atoms with Crippen LogP contribution in [0, 0.1) is 11.8 Å². The molecule has 8 nitrogen and oxygen atoms in total. The molecule has 1 heterocycles. The Morgan fingerprint density at radius 2 is 1.60 bits per heavy atom. The second kappa shape index (κ2) is 12.1. The number of fused-ring (bicyclic) bond motifs is 1. The van der Waals surface area contributed by atoms with E-state index in [2.05, 4.69) is 15.5 Å². The van der Waals surface area contributed by atoms with Crippen LogP contribution < -0.4 is 28.2 Å². The summed E-state index contributed by atoms with van der Waals surface area (Å²) in [5.41, 5.74) is 2.61. The summed E-state index contributed by atoms with van der Waals surface area (Å²) >= 11 is 0. The van der Waals surface area contributed by atoms with Crippen molar-refractivity contribution >= 4 is 15.8 Å². The molecule has 4 unspecified atom stereocenters. The SMILES string of the molecule is COCC(C=C(C)C)C(C=O)C(c1cc(OC)c(OC)c(OC)c1)c1cc2c(cc1OP)OCO2. The summed E-state index contributed by atoms with van der Waals surface area (Å²) in [5.74, 6) is 1.92. The molecule has 1 aliphatic rings. The van der Waals surface area contributed by atoms with Gasteiger partial charge in [0.15, 0.2) is 23.0 Å². The number of methoxy groups -OCH3 is 4. The number of hydrogen-bond acceptors (Lipinski definition) is 8. The van der Waals surface area contributed by atoms with Crippen molar-refractivity contribution in [2.24, 2.45) is 11.8 Å². The van der Waals surface area contributed by atoms with Crippen molar-refractivity contribution in [3.8, 4) is 34.5 Å². The summed E-state index contributed by atoms with van der Waals surface area (Å²) in [5, 5.41) is 0. The normalized spacial score (nSPS) is 14.5. The van der Waals surface area contributed by atoms with Gasteiger partial charge in [-0.25, -0.2) is 0 Å². The van der Waals surface area contributed by atoms with Gasteiger partial charge in [0.25, 0.3) is 0 Å². The van der Waals surface area contributed by atoms with Gasteiger partial charge in [-0.1, -0.05) is 11.6 Å². The predicted octanol–water partition coefficient (Wildman–Crippen LogP) is 4.79. The Kier molecular flexibility index (Phi) is 9.24. The van der Waals surface area contributed by atoms with Crippen molar-refractivity contribution < 1.29 is 37.7 Å². The average Bonchev–Trinajstić information content (AvgIpc) is 3.32. The minimum Gasteiger partial charge on any atom is -0.493 e. The quantitative estimate of drug-likeness (QED) is 0.232. The average molecular weight is 505 g/mol. The molecule has 0 bridgehead atoms. The molecule has 35 heavy (non-hydrogen) atoms. The Balaban J connectivity index is 2.32. The maximum Gasteiger partial charge on any atom is 0.231 e. The highest BCUT2D eigenvalue weighted by Crippen LogP contribution is 2.49. The van der Waals surface area contributed by atoms with Crippen LogP contribution in [0.1, 0.15) is 30.9 Å². The van der Waals surface area contributed by atoms with Gasteiger partial charge >= 0.3 is 0 Å². The van der Waals surface area contributed by atoms with Gasteiger partial charge in [0.05, 0.1) is 37.4 Å². The van der Waals surface area contributed by atoms with Crippen LogP contribution >= 0.6 is 9.47 Å². The molecule has 0 radical (unpaired) electrons. The molecule has 0 aliphatic carbocycles. The first kappa shape index (κ1) is 26.6. The van der Waals surface area contributed by atoms with Crippen molar-refractivity contribution in [3.63, 3.8) is 0 Å². The summed E-state index contributed by atoms with van der Waals surface area (Å²) in [6.07, 6.45) is 3.02. The molecule has 0 saturated heterocycles. The summed E-state index contributed by atoms with van der Waals surface area (Å²) in [7, 11) is 8.56. The van der Waals surface area contributed by atoms with Crippen molar-refractivity contribution in [1.29, 1.82) is 0 Å². The molecule has 4 atom stereocenters. The van der Waals surface area contributed by atoms with Gasteiger partial charge < -0.3 is 37.7 Å². The van der Waals surface area contributed by atoms with Gasteiger partial charge in [-0.05, 0) is 37.6 Å². The molecule has 0 N–H and O–H groups in total. The van der Waals surface area contributed by atoms with Crippen LogP contribution in [0.25, 0.3) is 0 Å². The smallest absolute Gasteiger partial charge is 0.231 e. The standard InChI is InChI=1S/C26H33O8P/c1-15(2)7-17(13-28-3)19(12-27)25(16-8-23(29-4)26(31-6)24(9-16)30-5)18-10-21-22(33-14-32-21)11-20(18)34-35/h7-12,17,19,25H,13-14,35H2,1-6H3. The van der Waals surface area contributed by atoms with E-state index in [0.717, 1.165) is 23.0 Å². The molecule has 0 aromatic heterocycles. The lowest BCUT2D eigenvalue weighted by Crippen LogP contribution is -2.27. The number of aldehydes is 1. The topological polar surface area (TPSA) is 81.7 Å². The maximum absolute atomic E-state index is 12.8. The van der Waals surface area contributed by atoms with E-state index >= 15 is 0 Å². The lowest BCUT2D eigenvalue weighted by molar-refractivity contribution is -0.113. The Hall–Kier alpha value is -2.96. The van der Waals surface area contributed by atoms with Gasteiger partial charge in [0.2, 0.25) is 12.5 Å². The number of carbonyl (C=O) groups is 1. The molecule has 0 amide bonds. The number of benzene rings is 2. The van der Waals surface area contributed by atoms with E-state index in [1.807, 2.05) is 32.0 Å². The van der Waals surface area contributed by atoms with Crippen LogP contribution in [0.15, 0.2) is 35.9 Å². The van der Waals surface area contributed by atoms with Crippen molar-refractivity contribution in [2.75, 3.05) is 41.8 Å². The Labute approximate surface area is 208 Å². The zero-order valence-electron chi connectivity index (χ0n) is 21.0. The van der Waals surface area contributed by atoms with Gasteiger partial charge in [-0.3, -0.25) is 0 Å². The molecule has 0 saturated carbocycles. The van der Waals surface area contributed by atoms with Gasteiger partial charge in [-0.2, -0.15) is 0 Å². The number of ether oxygens (including phenoxy) is 6. The summed E-state index contributed by atoms with van der Waals surface area (Å²) in [4.78, 5) is 12.8. The molecule has 3 rings (SSSR count). The van der Waals surface area contributed by atoms with E-state index in [1.165, 1.54) is 0 Å². The lowest BCUT2D eigenvalue weighted by Gasteiger charge is -2.31. The van der Waals surface area contributed by atoms with Crippen molar-refractivity contribution in [1.82, 2.24) is 0 Å². The highest BCUT2D eigenvalue weighted by atomic mass is 31.0. The van der Waals surface area contributed by atoms with Gasteiger partial charge in [0.1, 0.15) is 12.0 Å². The third-order valence-corrected chi connectivity index (χ3v) is 6.21. The molecule has 2 aromatic rings. The largest absolute Gasteiger partial charge is 0.493 e. The van der Waals surface area contributed by atoms with Crippen LogP contribution in [0.5, 0.6) is 34.5 Å². The zero-order chi connectivity index (χ0) is 25.5. The molecular weight excluding hydrogens is 471 g/mol. The first-order chi connectivity index (χ1) is 16.9. The number of hydrogen-bond donors (Lipinski definition) is 0. The molecule has 0 spiro atoms. The highest BCUT2D eigenvalue weighted by molar-refractivity contribution is 7.10. The minimum absolute atomic E-state index is 0.116. The highest BCUT2D eigenvalue weighted by Gasteiger charge is 2.35. The number of allylic oxidation sites excluding steroid dienone is 1. The van der Waals surface area contributed by atoms with Crippen LogP contribution in [0.2, 0.25) is 0 Å².